The van der Waals surface area contributed by atoms with E-state index in [4.69, 9.17) is 9.84 Å². The summed E-state index contributed by atoms with van der Waals surface area (Å²) in [5.74, 6) is 0. The van der Waals surface area contributed by atoms with Gasteiger partial charge in [0.2, 0.25) is 0 Å². The molecule has 0 saturated carbocycles. The average Bonchev–Trinajstić information content (AvgIpc) is 2.65. The van der Waals surface area contributed by atoms with Gasteiger partial charge in [0.1, 0.15) is 18.3 Å². The molecule has 2 heterocycles. The van der Waals surface area contributed by atoms with Crippen LogP contribution >= 0.6 is 0 Å². The van der Waals surface area contributed by atoms with E-state index >= 15 is 0 Å². The number of nitrogens with zero attached hydrogens (tertiary/aromatic N) is 1. The van der Waals surface area contributed by atoms with Gasteiger partial charge >= 0.3 is 5.69 Å². The van der Waals surface area contributed by atoms with Crippen molar-refractivity contribution in [2.75, 3.05) is 6.61 Å². The van der Waals surface area contributed by atoms with Crippen molar-refractivity contribution in [1.29, 1.82) is 0 Å². The maximum atomic E-state index is 11.7. The lowest BCUT2D eigenvalue weighted by molar-refractivity contribution is -0.0555. The standard InChI is InChI=1S/C10H12N2O7/c13-2-4-1-6(15)11-10(18)12(4)9-8(17)7(16)5(3-14)19-9/h1-2,5,7-9,14,16-17H,3H2,(H,11,15,18). The van der Waals surface area contributed by atoms with Gasteiger partial charge in [0.15, 0.2) is 12.5 Å². The highest BCUT2D eigenvalue weighted by molar-refractivity contribution is 5.71. The number of rotatable bonds is 3. The highest BCUT2D eigenvalue weighted by atomic mass is 16.6. The molecule has 9 heteroatoms. The van der Waals surface area contributed by atoms with Crippen molar-refractivity contribution >= 4 is 6.29 Å². The first kappa shape index (κ1) is 13.6. The van der Waals surface area contributed by atoms with E-state index in [0.717, 1.165) is 10.6 Å². The Bertz CT molecular complexity index is 592. The summed E-state index contributed by atoms with van der Waals surface area (Å²) in [7, 11) is 0. The third-order valence-electron chi connectivity index (χ3n) is 2.90. The summed E-state index contributed by atoms with van der Waals surface area (Å²) < 4.78 is 5.84. The molecule has 0 aromatic carbocycles. The second kappa shape index (κ2) is 5.05. The molecule has 1 aromatic heterocycles. The van der Waals surface area contributed by atoms with E-state index < -0.39 is 42.4 Å². The lowest BCUT2D eigenvalue weighted by Gasteiger charge is -2.18. The van der Waals surface area contributed by atoms with E-state index in [1.807, 2.05) is 4.98 Å². The van der Waals surface area contributed by atoms with Crippen molar-refractivity contribution in [3.8, 4) is 0 Å². The number of aliphatic hydroxyl groups is 3. The zero-order valence-corrected chi connectivity index (χ0v) is 9.59. The quantitative estimate of drug-likeness (QED) is 0.428. The highest BCUT2D eigenvalue weighted by Gasteiger charge is 2.44. The number of aromatic amines is 1. The van der Waals surface area contributed by atoms with Crippen molar-refractivity contribution < 1.29 is 24.9 Å². The van der Waals surface area contributed by atoms with Crippen LogP contribution in [0.2, 0.25) is 0 Å². The van der Waals surface area contributed by atoms with Gasteiger partial charge in [-0.3, -0.25) is 19.1 Å². The van der Waals surface area contributed by atoms with Crippen LogP contribution in [0.15, 0.2) is 15.7 Å². The molecule has 4 atom stereocenters. The summed E-state index contributed by atoms with van der Waals surface area (Å²) >= 11 is 0. The number of nitrogens with one attached hydrogen (secondary N) is 1. The number of hydrogen-bond donors (Lipinski definition) is 4. The molecule has 1 aliphatic rings. The van der Waals surface area contributed by atoms with E-state index in [1.165, 1.54) is 0 Å². The Balaban J connectivity index is 2.51. The summed E-state index contributed by atoms with van der Waals surface area (Å²) in [6, 6.07) is 0.864. The highest BCUT2D eigenvalue weighted by Crippen LogP contribution is 2.28. The molecular formula is C10H12N2O7. The summed E-state index contributed by atoms with van der Waals surface area (Å²) in [5.41, 5.74) is -2.02. The largest absolute Gasteiger partial charge is 0.394 e. The number of aldehydes is 1. The van der Waals surface area contributed by atoms with Crippen LogP contribution in [-0.2, 0) is 4.74 Å². The fraction of sp³-hybridized carbons (Fsp3) is 0.500. The Morgan fingerprint density at radius 1 is 1.37 bits per heavy atom. The minimum absolute atomic E-state index is 0.255. The SMILES string of the molecule is O=Cc1cc(=O)[nH]c(=O)n1C1OC(CO)C(O)C1O. The lowest BCUT2D eigenvalue weighted by Crippen LogP contribution is -2.39. The van der Waals surface area contributed by atoms with E-state index in [9.17, 15) is 24.6 Å². The van der Waals surface area contributed by atoms with Crippen LogP contribution in [0.4, 0.5) is 0 Å². The molecule has 2 rings (SSSR count). The topological polar surface area (TPSA) is 142 Å². The maximum absolute atomic E-state index is 11.7. The van der Waals surface area contributed by atoms with Crippen molar-refractivity contribution in [3.05, 3.63) is 32.6 Å². The zero-order valence-electron chi connectivity index (χ0n) is 9.59. The number of aromatic nitrogens is 2. The normalized spacial score (nSPS) is 30.5. The fourth-order valence-corrected chi connectivity index (χ4v) is 1.97. The Morgan fingerprint density at radius 2 is 2.05 bits per heavy atom. The van der Waals surface area contributed by atoms with Crippen molar-refractivity contribution in [1.82, 2.24) is 9.55 Å². The Morgan fingerprint density at radius 3 is 2.58 bits per heavy atom. The van der Waals surface area contributed by atoms with E-state index in [1.54, 1.807) is 0 Å². The van der Waals surface area contributed by atoms with Crippen LogP contribution < -0.4 is 11.2 Å². The predicted octanol–water partition coefficient (Wildman–Crippen LogP) is -3.04. The third-order valence-corrected chi connectivity index (χ3v) is 2.90. The first-order valence-corrected chi connectivity index (χ1v) is 5.43. The summed E-state index contributed by atoms with van der Waals surface area (Å²) in [6.45, 7) is -0.566. The number of aliphatic hydroxyl groups excluding tert-OH is 3. The number of ether oxygens (including phenoxy) is 1. The van der Waals surface area contributed by atoms with Gasteiger partial charge in [0.25, 0.3) is 5.56 Å². The number of carbonyl (C=O) groups excluding carboxylic acids is 1. The molecule has 1 aromatic rings. The molecule has 1 fully saturated rings. The molecule has 0 bridgehead atoms. The Kier molecular flexibility index (Phi) is 3.62. The minimum atomic E-state index is -1.51. The Hall–Kier alpha value is -1.81. The van der Waals surface area contributed by atoms with Crippen LogP contribution in [0.1, 0.15) is 16.7 Å². The maximum Gasteiger partial charge on any atom is 0.331 e. The second-order valence-corrected chi connectivity index (χ2v) is 4.08. The van der Waals surface area contributed by atoms with Gasteiger partial charge in [0.05, 0.1) is 12.3 Å². The van der Waals surface area contributed by atoms with Crippen molar-refractivity contribution in [3.63, 3.8) is 0 Å². The van der Waals surface area contributed by atoms with E-state index in [0.29, 0.717) is 0 Å². The minimum Gasteiger partial charge on any atom is -0.394 e. The monoisotopic (exact) mass is 272 g/mol. The van der Waals surface area contributed by atoms with Gasteiger partial charge in [-0.25, -0.2) is 4.79 Å². The number of hydrogen-bond acceptors (Lipinski definition) is 7. The Labute approximate surface area is 105 Å². The van der Waals surface area contributed by atoms with Gasteiger partial charge in [-0.05, 0) is 0 Å². The van der Waals surface area contributed by atoms with Crippen LogP contribution in [0, 0.1) is 0 Å². The second-order valence-electron chi connectivity index (χ2n) is 4.08. The van der Waals surface area contributed by atoms with Crippen LogP contribution in [0.25, 0.3) is 0 Å². The van der Waals surface area contributed by atoms with Crippen molar-refractivity contribution in [2.45, 2.75) is 24.5 Å². The van der Waals surface area contributed by atoms with E-state index in [2.05, 4.69) is 0 Å². The molecule has 1 aliphatic heterocycles. The lowest BCUT2D eigenvalue weighted by atomic mass is 10.1. The third kappa shape index (κ3) is 2.24. The van der Waals surface area contributed by atoms with E-state index in [-0.39, 0.29) is 12.0 Å². The molecular weight excluding hydrogens is 260 g/mol. The fourth-order valence-electron chi connectivity index (χ4n) is 1.97. The smallest absolute Gasteiger partial charge is 0.331 e. The first-order valence-electron chi connectivity index (χ1n) is 5.43. The molecule has 104 valence electrons. The average molecular weight is 272 g/mol. The summed E-state index contributed by atoms with van der Waals surface area (Å²) in [6.07, 6.45) is -5.12. The predicted molar refractivity (Wildman–Crippen MR) is 59.7 cm³/mol. The first-order chi connectivity index (χ1) is 8.99. The van der Waals surface area contributed by atoms with Crippen LogP contribution in [0.3, 0.4) is 0 Å². The summed E-state index contributed by atoms with van der Waals surface area (Å²) in [4.78, 5) is 35.5. The zero-order chi connectivity index (χ0) is 14.2. The molecule has 0 aliphatic carbocycles. The van der Waals surface area contributed by atoms with Gasteiger partial charge < -0.3 is 20.1 Å². The number of carbonyl (C=O) groups is 1. The molecule has 19 heavy (non-hydrogen) atoms. The van der Waals surface area contributed by atoms with Crippen LogP contribution in [0.5, 0.6) is 0 Å². The molecule has 1 saturated heterocycles. The molecule has 9 nitrogen and oxygen atoms in total. The van der Waals surface area contributed by atoms with Gasteiger partial charge in [-0.1, -0.05) is 0 Å². The summed E-state index contributed by atoms with van der Waals surface area (Å²) in [5, 5.41) is 28.3. The molecule has 0 amide bonds. The van der Waals surface area contributed by atoms with Gasteiger partial charge in [-0.15, -0.1) is 0 Å². The van der Waals surface area contributed by atoms with Gasteiger partial charge in [0, 0.05) is 6.07 Å². The molecule has 0 radical (unpaired) electrons. The molecule has 4 unspecified atom stereocenters. The number of H-pyrrole nitrogens is 1. The molecule has 4 N–H and O–H groups in total. The van der Waals surface area contributed by atoms with Crippen LogP contribution in [-0.4, -0.2) is 56.1 Å². The molecule has 0 spiro atoms. The van der Waals surface area contributed by atoms with Gasteiger partial charge in [-0.2, -0.15) is 0 Å². The van der Waals surface area contributed by atoms with Crippen molar-refractivity contribution in [2.24, 2.45) is 0 Å².